The lowest BCUT2D eigenvalue weighted by atomic mass is 9.43. The Morgan fingerprint density at radius 1 is 1.12 bits per heavy atom. The first-order valence-electron chi connectivity index (χ1n) is 9.62. The fraction of sp³-hybridized carbons (Fsp3) is 0.895. The molecular formula is C19H32N4O2. The van der Waals surface area contributed by atoms with Crippen molar-refractivity contribution in [3.05, 3.63) is 5.89 Å². The minimum Gasteiger partial charge on any atom is -0.407 e. The van der Waals surface area contributed by atoms with Crippen LogP contribution in [0.15, 0.2) is 4.42 Å². The minimum atomic E-state index is 0.107. The molecule has 2 atom stereocenters. The SMILES string of the molecule is CN(C)Cc1nnc(NCCOC23CC4CC(C)(CC(C)(C4)C2)C3)o1. The number of aromatic nitrogens is 2. The summed E-state index contributed by atoms with van der Waals surface area (Å²) in [4.78, 5) is 2.01. The number of rotatable bonds is 7. The molecule has 0 spiro atoms. The van der Waals surface area contributed by atoms with E-state index in [0.717, 1.165) is 5.92 Å². The van der Waals surface area contributed by atoms with E-state index in [1.165, 1.54) is 38.5 Å². The van der Waals surface area contributed by atoms with Gasteiger partial charge in [-0.05, 0) is 69.4 Å². The maximum Gasteiger partial charge on any atom is 0.315 e. The Morgan fingerprint density at radius 3 is 2.48 bits per heavy atom. The molecule has 4 saturated carbocycles. The molecule has 0 radical (unpaired) electrons. The Morgan fingerprint density at radius 2 is 1.84 bits per heavy atom. The minimum absolute atomic E-state index is 0.107. The Hall–Kier alpha value is -1.14. The highest BCUT2D eigenvalue weighted by Crippen LogP contribution is 2.67. The molecule has 1 N–H and O–H groups in total. The Balaban J connectivity index is 1.29. The summed E-state index contributed by atoms with van der Waals surface area (Å²) in [5, 5.41) is 11.3. The highest BCUT2D eigenvalue weighted by atomic mass is 16.5. The lowest BCUT2D eigenvalue weighted by molar-refractivity contribution is -0.212. The summed E-state index contributed by atoms with van der Waals surface area (Å²) in [5.41, 5.74) is 1.10. The van der Waals surface area contributed by atoms with Crippen LogP contribution in [0.1, 0.15) is 58.3 Å². The zero-order valence-corrected chi connectivity index (χ0v) is 16.1. The van der Waals surface area contributed by atoms with Crippen molar-refractivity contribution in [2.45, 2.75) is 64.5 Å². The quantitative estimate of drug-likeness (QED) is 0.763. The van der Waals surface area contributed by atoms with Crippen molar-refractivity contribution < 1.29 is 9.15 Å². The van der Waals surface area contributed by atoms with Crippen LogP contribution in [-0.2, 0) is 11.3 Å². The van der Waals surface area contributed by atoms with Crippen LogP contribution in [0.5, 0.6) is 0 Å². The second kappa shape index (κ2) is 5.95. The molecule has 2 unspecified atom stereocenters. The molecule has 6 nitrogen and oxygen atoms in total. The first kappa shape index (κ1) is 17.3. The molecule has 1 aromatic rings. The predicted octanol–water partition coefficient (Wildman–Crippen LogP) is 3.31. The van der Waals surface area contributed by atoms with E-state index in [9.17, 15) is 0 Å². The van der Waals surface area contributed by atoms with Gasteiger partial charge < -0.3 is 19.4 Å². The van der Waals surface area contributed by atoms with Gasteiger partial charge in [-0.25, -0.2) is 0 Å². The second-order valence-corrected chi connectivity index (χ2v) is 9.83. The van der Waals surface area contributed by atoms with E-state index in [4.69, 9.17) is 9.15 Å². The molecule has 5 rings (SSSR count). The molecule has 25 heavy (non-hydrogen) atoms. The molecule has 4 aliphatic rings. The third kappa shape index (κ3) is 3.56. The normalized spacial score (nSPS) is 39.3. The summed E-state index contributed by atoms with van der Waals surface area (Å²) in [5.74, 6) is 1.50. The van der Waals surface area contributed by atoms with Gasteiger partial charge in [0, 0.05) is 6.54 Å². The number of ether oxygens (including phenoxy) is 1. The van der Waals surface area contributed by atoms with Crippen LogP contribution in [-0.4, -0.2) is 47.9 Å². The van der Waals surface area contributed by atoms with Gasteiger partial charge in [-0.1, -0.05) is 18.9 Å². The number of hydrogen-bond donors (Lipinski definition) is 1. The fourth-order valence-corrected chi connectivity index (χ4v) is 6.59. The van der Waals surface area contributed by atoms with Crippen molar-refractivity contribution in [2.75, 3.05) is 32.6 Å². The topological polar surface area (TPSA) is 63.4 Å². The van der Waals surface area contributed by atoms with E-state index in [0.29, 0.717) is 42.4 Å². The van der Waals surface area contributed by atoms with Crippen LogP contribution in [0.4, 0.5) is 6.01 Å². The number of anilines is 1. The average molecular weight is 348 g/mol. The molecule has 1 heterocycles. The molecule has 140 valence electrons. The maximum atomic E-state index is 6.51. The van der Waals surface area contributed by atoms with Gasteiger partial charge in [0.25, 0.3) is 0 Å². The molecule has 0 aliphatic heterocycles. The van der Waals surface area contributed by atoms with E-state index in [1.807, 2.05) is 19.0 Å². The summed E-state index contributed by atoms with van der Waals surface area (Å²) in [6.07, 6.45) is 7.92. The fourth-order valence-electron chi connectivity index (χ4n) is 6.59. The van der Waals surface area contributed by atoms with Gasteiger partial charge in [0.05, 0.1) is 18.8 Å². The largest absolute Gasteiger partial charge is 0.407 e. The Bertz CT molecular complexity index is 611. The van der Waals surface area contributed by atoms with Crippen molar-refractivity contribution in [1.82, 2.24) is 15.1 Å². The van der Waals surface area contributed by atoms with Gasteiger partial charge in [0.2, 0.25) is 5.89 Å². The van der Waals surface area contributed by atoms with Crippen molar-refractivity contribution in [3.63, 3.8) is 0 Å². The van der Waals surface area contributed by atoms with Crippen LogP contribution >= 0.6 is 0 Å². The summed E-state index contributed by atoms with van der Waals surface area (Å²) in [6, 6.07) is 0.491. The van der Waals surface area contributed by atoms with Crippen LogP contribution in [0, 0.1) is 16.7 Å². The third-order valence-electron chi connectivity index (χ3n) is 6.28. The summed E-state index contributed by atoms with van der Waals surface area (Å²) in [7, 11) is 3.97. The highest BCUT2D eigenvalue weighted by molar-refractivity contribution is 5.16. The van der Waals surface area contributed by atoms with Crippen molar-refractivity contribution in [1.29, 1.82) is 0 Å². The third-order valence-corrected chi connectivity index (χ3v) is 6.28. The molecule has 0 saturated heterocycles. The van der Waals surface area contributed by atoms with Crippen molar-refractivity contribution >= 4 is 6.01 Å². The van der Waals surface area contributed by atoms with Gasteiger partial charge >= 0.3 is 6.01 Å². The molecule has 0 amide bonds. The van der Waals surface area contributed by atoms with Gasteiger partial charge in [-0.15, -0.1) is 5.10 Å². The summed E-state index contributed by atoms with van der Waals surface area (Å²) in [6.45, 7) is 7.04. The van der Waals surface area contributed by atoms with E-state index in [1.54, 1.807) is 0 Å². The van der Waals surface area contributed by atoms with Gasteiger partial charge in [0.1, 0.15) is 0 Å². The summed E-state index contributed by atoms with van der Waals surface area (Å²) < 4.78 is 12.1. The summed E-state index contributed by atoms with van der Waals surface area (Å²) >= 11 is 0. The monoisotopic (exact) mass is 348 g/mol. The highest BCUT2D eigenvalue weighted by Gasteiger charge is 2.60. The molecule has 4 fully saturated rings. The molecule has 1 aromatic heterocycles. The smallest absolute Gasteiger partial charge is 0.315 e. The standard InChI is InChI=1S/C19H32N4O2/c1-17-7-14-8-18(2,11-17)13-19(9-14,12-17)24-6-5-20-16-22-21-15(25-16)10-23(3)4/h14H,5-13H2,1-4H3,(H,20,22). The van der Waals surface area contributed by atoms with Gasteiger partial charge in [-0.3, -0.25) is 0 Å². The molecule has 4 bridgehead atoms. The number of nitrogens with one attached hydrogen (secondary N) is 1. The molecule has 4 aliphatic carbocycles. The van der Waals surface area contributed by atoms with Crippen LogP contribution in [0.2, 0.25) is 0 Å². The van der Waals surface area contributed by atoms with Gasteiger partial charge in [-0.2, -0.15) is 0 Å². The van der Waals surface area contributed by atoms with E-state index >= 15 is 0 Å². The first-order chi connectivity index (χ1) is 11.8. The lowest BCUT2D eigenvalue weighted by Gasteiger charge is -2.65. The van der Waals surface area contributed by atoms with Crippen molar-refractivity contribution in [2.24, 2.45) is 16.7 Å². The first-order valence-corrected chi connectivity index (χ1v) is 9.62. The molecular weight excluding hydrogens is 316 g/mol. The molecule has 0 aromatic carbocycles. The van der Waals surface area contributed by atoms with Crippen molar-refractivity contribution in [3.8, 4) is 0 Å². The lowest BCUT2D eigenvalue weighted by Crippen LogP contribution is -2.59. The second-order valence-electron chi connectivity index (χ2n) is 9.83. The van der Waals surface area contributed by atoms with E-state index in [2.05, 4.69) is 29.4 Å². The van der Waals surface area contributed by atoms with E-state index in [-0.39, 0.29) is 5.60 Å². The van der Waals surface area contributed by atoms with Crippen LogP contribution in [0.25, 0.3) is 0 Å². The maximum absolute atomic E-state index is 6.51. The number of hydrogen-bond acceptors (Lipinski definition) is 6. The zero-order valence-electron chi connectivity index (χ0n) is 16.1. The average Bonchev–Trinajstić information content (AvgIpc) is 2.86. The molecule has 6 heteroatoms. The Kier molecular flexibility index (Phi) is 4.11. The van der Waals surface area contributed by atoms with Gasteiger partial charge in [0.15, 0.2) is 0 Å². The number of nitrogens with zero attached hydrogens (tertiary/aromatic N) is 3. The van der Waals surface area contributed by atoms with Crippen LogP contribution < -0.4 is 5.32 Å². The van der Waals surface area contributed by atoms with E-state index < -0.39 is 0 Å². The van der Waals surface area contributed by atoms with Crippen LogP contribution in [0.3, 0.4) is 0 Å². The predicted molar refractivity (Wildman–Crippen MR) is 96.3 cm³/mol. The Labute approximate surface area is 150 Å². The zero-order chi connectivity index (χ0) is 17.7.